The Labute approximate surface area is 225 Å². The molecule has 3 aromatic carbocycles. The molecule has 0 amide bonds. The molecule has 0 saturated carbocycles. The number of aliphatic hydroxyl groups excluding tert-OH is 1. The number of nitrogens with zero attached hydrogens (tertiary/aromatic N) is 1. The van der Waals surface area contributed by atoms with Crippen LogP contribution in [-0.4, -0.2) is 24.9 Å². The quantitative estimate of drug-likeness (QED) is 0.205. The Kier molecular flexibility index (Phi) is 16.8. The van der Waals surface area contributed by atoms with Gasteiger partial charge < -0.3 is 10.4 Å². The predicted octanol–water partition coefficient (Wildman–Crippen LogP) is 6.58. The predicted molar refractivity (Wildman–Crippen MR) is 148 cm³/mol. The molecule has 7 heteroatoms. The summed E-state index contributed by atoms with van der Waals surface area (Å²) in [7, 11) is 0. The van der Waals surface area contributed by atoms with E-state index in [-0.39, 0.29) is 12.6 Å². The van der Waals surface area contributed by atoms with Crippen LogP contribution < -0.4 is 10.6 Å². The third-order valence-corrected chi connectivity index (χ3v) is 5.63. The van der Waals surface area contributed by atoms with E-state index in [1.54, 1.807) is 6.92 Å². The number of aryl methyl sites for hydroxylation is 2. The van der Waals surface area contributed by atoms with Crippen molar-refractivity contribution >= 4 is 11.6 Å². The first-order valence-electron chi connectivity index (χ1n) is 12.4. The topological polar surface area (TPSA) is 68.1 Å². The molecule has 3 N–H and O–H groups in total. The zero-order chi connectivity index (χ0) is 27.5. The summed E-state index contributed by atoms with van der Waals surface area (Å²) < 4.78 is 24.4. The highest BCUT2D eigenvalue weighted by molar-refractivity contribution is 6.31. The van der Waals surface area contributed by atoms with Crippen LogP contribution >= 0.6 is 11.6 Å². The van der Waals surface area contributed by atoms with E-state index in [2.05, 4.69) is 47.9 Å². The highest BCUT2D eigenvalue weighted by Crippen LogP contribution is 2.18. The lowest BCUT2D eigenvalue weighted by Crippen LogP contribution is -2.22. The molecule has 0 heterocycles. The SMILES string of the molecule is CC(C#N)Cc1ccccc1Cl.CCc1cccc(CNCCCNCO)c1.Cc1cc(F)cc(F)c1. The summed E-state index contributed by atoms with van der Waals surface area (Å²) in [4.78, 5) is 0. The number of hydrogen-bond acceptors (Lipinski definition) is 4. The molecule has 200 valence electrons. The highest BCUT2D eigenvalue weighted by Gasteiger charge is 2.04. The molecule has 0 bridgehead atoms. The van der Waals surface area contributed by atoms with Crippen LogP contribution in [0.5, 0.6) is 0 Å². The summed E-state index contributed by atoms with van der Waals surface area (Å²) >= 11 is 5.92. The molecule has 37 heavy (non-hydrogen) atoms. The molecule has 3 aromatic rings. The Balaban J connectivity index is 0.000000289. The van der Waals surface area contributed by atoms with E-state index in [0.717, 1.165) is 55.5 Å². The Hall–Kier alpha value is -2.82. The fraction of sp³-hybridized carbons (Fsp3) is 0.367. The third-order valence-electron chi connectivity index (χ3n) is 5.26. The van der Waals surface area contributed by atoms with E-state index < -0.39 is 11.6 Å². The standard InChI is InChI=1S/C13H22N2O.C10H10ClN.C7H6F2/c1-2-12-5-3-6-13(9-12)10-14-7-4-8-15-11-16;1-8(7-12)6-9-4-2-3-5-10(9)11;1-5-2-6(8)4-7(9)3-5/h3,5-6,9,14-16H,2,4,7-8,10-11H2,1H3;2-5,8H,6H2,1H3;2-4H,1H3. The van der Waals surface area contributed by atoms with Crippen LogP contribution in [0.3, 0.4) is 0 Å². The Morgan fingerprint density at radius 2 is 1.59 bits per heavy atom. The molecule has 0 spiro atoms. The van der Waals surface area contributed by atoms with E-state index >= 15 is 0 Å². The molecular formula is C30H38ClF2N3O. The van der Waals surface area contributed by atoms with Crippen LogP contribution in [0.4, 0.5) is 8.78 Å². The van der Waals surface area contributed by atoms with Crippen LogP contribution in [0, 0.1) is 35.8 Å². The molecular weight excluding hydrogens is 492 g/mol. The second-order valence-corrected chi connectivity index (χ2v) is 9.04. The van der Waals surface area contributed by atoms with Gasteiger partial charge in [-0.05, 0) is 86.7 Å². The van der Waals surface area contributed by atoms with Crippen LogP contribution in [0.1, 0.15) is 42.5 Å². The molecule has 1 atom stereocenters. The molecule has 4 nitrogen and oxygen atoms in total. The zero-order valence-corrected chi connectivity index (χ0v) is 22.7. The fourth-order valence-electron chi connectivity index (χ4n) is 3.34. The molecule has 0 saturated heterocycles. The lowest BCUT2D eigenvalue weighted by Gasteiger charge is -2.06. The third kappa shape index (κ3) is 15.1. The van der Waals surface area contributed by atoms with Crippen LogP contribution in [0.15, 0.2) is 66.7 Å². The van der Waals surface area contributed by atoms with Crippen molar-refractivity contribution in [2.75, 3.05) is 19.8 Å². The van der Waals surface area contributed by atoms with Gasteiger partial charge in [0.15, 0.2) is 0 Å². The number of nitrogens with one attached hydrogen (secondary N) is 2. The van der Waals surface area contributed by atoms with Crippen molar-refractivity contribution < 1.29 is 13.9 Å². The number of rotatable bonds is 10. The normalized spacial score (nSPS) is 10.9. The van der Waals surface area contributed by atoms with Gasteiger partial charge in [-0.15, -0.1) is 0 Å². The van der Waals surface area contributed by atoms with Crippen molar-refractivity contribution in [2.24, 2.45) is 5.92 Å². The molecule has 0 aliphatic carbocycles. The van der Waals surface area contributed by atoms with Gasteiger partial charge in [0.05, 0.1) is 12.8 Å². The second kappa shape index (κ2) is 19.3. The number of benzene rings is 3. The summed E-state index contributed by atoms with van der Waals surface area (Å²) in [5.74, 6) is -1.01. The van der Waals surface area contributed by atoms with Crippen LogP contribution in [0.2, 0.25) is 5.02 Å². The second-order valence-electron chi connectivity index (χ2n) is 8.63. The van der Waals surface area contributed by atoms with Crippen LogP contribution in [0.25, 0.3) is 0 Å². The van der Waals surface area contributed by atoms with Gasteiger partial charge in [-0.1, -0.05) is 61.0 Å². The van der Waals surface area contributed by atoms with E-state index in [1.807, 2.05) is 31.2 Å². The Morgan fingerprint density at radius 1 is 0.946 bits per heavy atom. The smallest absolute Gasteiger partial charge is 0.126 e. The van der Waals surface area contributed by atoms with Gasteiger partial charge >= 0.3 is 0 Å². The largest absolute Gasteiger partial charge is 0.381 e. The first kappa shape index (κ1) is 32.2. The molecule has 0 aliphatic rings. The maximum absolute atomic E-state index is 12.2. The minimum Gasteiger partial charge on any atom is -0.381 e. The maximum atomic E-state index is 12.2. The first-order chi connectivity index (χ1) is 17.8. The summed E-state index contributed by atoms with van der Waals surface area (Å²) in [6.07, 6.45) is 2.86. The number of nitriles is 1. The molecule has 3 rings (SSSR count). The minimum atomic E-state index is -0.521. The van der Waals surface area contributed by atoms with Gasteiger partial charge in [0.1, 0.15) is 11.6 Å². The first-order valence-corrected chi connectivity index (χ1v) is 12.8. The van der Waals surface area contributed by atoms with Gasteiger partial charge in [-0.2, -0.15) is 5.26 Å². The number of halogens is 3. The van der Waals surface area contributed by atoms with E-state index in [9.17, 15) is 8.78 Å². The summed E-state index contributed by atoms with van der Waals surface area (Å²) in [5, 5.41) is 24.1. The molecule has 1 unspecified atom stereocenters. The number of hydrogen-bond donors (Lipinski definition) is 3. The van der Waals surface area contributed by atoms with E-state index in [1.165, 1.54) is 23.3 Å². The fourth-order valence-corrected chi connectivity index (χ4v) is 3.55. The maximum Gasteiger partial charge on any atom is 0.126 e. The van der Waals surface area contributed by atoms with Crippen molar-refractivity contribution in [3.63, 3.8) is 0 Å². The van der Waals surface area contributed by atoms with Crippen molar-refractivity contribution in [3.05, 3.63) is 106 Å². The highest BCUT2D eigenvalue weighted by atomic mass is 35.5. The van der Waals surface area contributed by atoms with E-state index in [4.69, 9.17) is 22.0 Å². The zero-order valence-electron chi connectivity index (χ0n) is 21.9. The van der Waals surface area contributed by atoms with Crippen molar-refractivity contribution in [1.29, 1.82) is 5.26 Å². The molecule has 0 fully saturated rings. The van der Waals surface area contributed by atoms with Crippen molar-refractivity contribution in [1.82, 2.24) is 10.6 Å². The summed E-state index contributed by atoms with van der Waals surface area (Å²) in [6.45, 7) is 8.54. The van der Waals surface area contributed by atoms with Crippen LogP contribution in [-0.2, 0) is 19.4 Å². The Morgan fingerprint density at radius 3 is 2.19 bits per heavy atom. The van der Waals surface area contributed by atoms with Gasteiger partial charge in [-0.3, -0.25) is 5.32 Å². The monoisotopic (exact) mass is 529 g/mol. The summed E-state index contributed by atoms with van der Waals surface area (Å²) in [5.41, 5.74) is 4.39. The average Bonchev–Trinajstić information content (AvgIpc) is 2.87. The van der Waals surface area contributed by atoms with Crippen molar-refractivity contribution in [3.8, 4) is 6.07 Å². The minimum absolute atomic E-state index is 0.0323. The van der Waals surface area contributed by atoms with E-state index in [0.29, 0.717) is 5.56 Å². The van der Waals surface area contributed by atoms with Crippen molar-refractivity contribution in [2.45, 2.75) is 46.6 Å². The lowest BCUT2D eigenvalue weighted by molar-refractivity contribution is 0.260. The van der Waals surface area contributed by atoms with Gasteiger partial charge in [0.2, 0.25) is 0 Å². The van der Waals surface area contributed by atoms with Gasteiger partial charge in [0.25, 0.3) is 0 Å². The molecule has 0 aliphatic heterocycles. The van der Waals surface area contributed by atoms with Gasteiger partial charge in [-0.25, -0.2) is 8.78 Å². The van der Waals surface area contributed by atoms with Gasteiger partial charge in [0, 0.05) is 23.6 Å². The molecule has 0 aromatic heterocycles. The summed E-state index contributed by atoms with van der Waals surface area (Å²) in [6, 6.07) is 21.9. The molecule has 0 radical (unpaired) electrons. The lowest BCUT2D eigenvalue weighted by atomic mass is 10.0. The number of aliphatic hydroxyl groups is 1. The average molecular weight is 530 g/mol. The Bertz CT molecular complexity index is 1040.